The van der Waals surface area contributed by atoms with Gasteiger partial charge in [-0.05, 0) is 30.3 Å². The highest BCUT2D eigenvalue weighted by atomic mass is 79.9. The summed E-state index contributed by atoms with van der Waals surface area (Å²) in [5.74, 6) is -0.277. The van der Waals surface area contributed by atoms with E-state index in [4.69, 9.17) is 0 Å². The monoisotopic (exact) mass is 377 g/mol. The third-order valence-corrected chi connectivity index (χ3v) is 4.37. The molecule has 3 aromatic rings. The molecule has 1 amide bonds. The maximum atomic E-state index is 12.1. The van der Waals surface area contributed by atoms with Crippen molar-refractivity contribution in [1.29, 1.82) is 0 Å². The van der Waals surface area contributed by atoms with Crippen LogP contribution in [0.25, 0.3) is 10.2 Å². The number of non-ortho nitro benzene ring substituents is 1. The van der Waals surface area contributed by atoms with E-state index in [1.165, 1.54) is 23.5 Å². The smallest absolute Gasteiger partial charge is 0.270 e. The molecule has 8 heteroatoms. The highest BCUT2D eigenvalue weighted by Crippen LogP contribution is 2.29. The lowest BCUT2D eigenvalue weighted by Gasteiger charge is -2.01. The first kappa shape index (κ1) is 14.6. The van der Waals surface area contributed by atoms with Gasteiger partial charge in [0.05, 0.1) is 15.1 Å². The number of carbonyl (C=O) groups excluding carboxylic acids is 1. The SMILES string of the molecule is O=C(Nc1nc2ccc([N+](=O)[O-])cc2s1)c1ccc(Br)cc1. The number of halogens is 1. The summed E-state index contributed by atoms with van der Waals surface area (Å²) in [5, 5.41) is 13.9. The summed E-state index contributed by atoms with van der Waals surface area (Å²) in [6.45, 7) is 0. The fraction of sp³-hybridized carbons (Fsp3) is 0. The average molecular weight is 378 g/mol. The second-order valence-corrected chi connectivity index (χ2v) is 6.34. The minimum atomic E-state index is -0.459. The topological polar surface area (TPSA) is 85.1 Å². The minimum absolute atomic E-state index is 0.00179. The van der Waals surface area contributed by atoms with Crippen molar-refractivity contribution < 1.29 is 9.72 Å². The number of aromatic nitrogens is 1. The van der Waals surface area contributed by atoms with Crippen molar-refractivity contribution in [1.82, 2.24) is 4.98 Å². The van der Waals surface area contributed by atoms with E-state index in [1.807, 2.05) is 0 Å². The molecular weight excluding hydrogens is 370 g/mol. The molecule has 0 bridgehead atoms. The molecule has 0 saturated carbocycles. The van der Waals surface area contributed by atoms with Gasteiger partial charge in [-0.3, -0.25) is 20.2 Å². The number of anilines is 1. The lowest BCUT2D eigenvalue weighted by atomic mass is 10.2. The van der Waals surface area contributed by atoms with Crippen LogP contribution in [-0.4, -0.2) is 15.8 Å². The first-order valence-electron chi connectivity index (χ1n) is 6.15. The molecule has 0 spiro atoms. The number of carbonyl (C=O) groups is 1. The fourth-order valence-electron chi connectivity index (χ4n) is 1.85. The molecule has 1 N–H and O–H groups in total. The van der Waals surface area contributed by atoms with Crippen molar-refractivity contribution in [3.63, 3.8) is 0 Å². The van der Waals surface area contributed by atoms with E-state index in [2.05, 4.69) is 26.2 Å². The van der Waals surface area contributed by atoms with E-state index >= 15 is 0 Å². The van der Waals surface area contributed by atoms with Crippen LogP contribution in [0.4, 0.5) is 10.8 Å². The normalized spacial score (nSPS) is 10.6. The van der Waals surface area contributed by atoms with Crippen LogP contribution in [0.3, 0.4) is 0 Å². The van der Waals surface area contributed by atoms with Gasteiger partial charge in [-0.15, -0.1) is 0 Å². The number of rotatable bonds is 3. The zero-order chi connectivity index (χ0) is 15.7. The van der Waals surface area contributed by atoms with E-state index in [0.717, 1.165) is 4.47 Å². The minimum Gasteiger partial charge on any atom is -0.298 e. The Morgan fingerprint density at radius 2 is 1.95 bits per heavy atom. The quantitative estimate of drug-likeness (QED) is 0.546. The van der Waals surface area contributed by atoms with Gasteiger partial charge < -0.3 is 0 Å². The molecule has 110 valence electrons. The van der Waals surface area contributed by atoms with E-state index in [-0.39, 0.29) is 11.6 Å². The van der Waals surface area contributed by atoms with Gasteiger partial charge >= 0.3 is 0 Å². The number of hydrogen-bond donors (Lipinski definition) is 1. The average Bonchev–Trinajstić information content (AvgIpc) is 2.88. The number of nitro benzene ring substituents is 1. The van der Waals surface area contributed by atoms with Gasteiger partial charge in [0.1, 0.15) is 0 Å². The Balaban J connectivity index is 1.86. The van der Waals surface area contributed by atoms with Gasteiger partial charge in [-0.1, -0.05) is 27.3 Å². The number of benzene rings is 2. The number of thiazole rings is 1. The third-order valence-electron chi connectivity index (χ3n) is 2.91. The van der Waals surface area contributed by atoms with Crippen LogP contribution in [0.1, 0.15) is 10.4 Å². The van der Waals surface area contributed by atoms with E-state index in [9.17, 15) is 14.9 Å². The van der Waals surface area contributed by atoms with Crippen molar-refractivity contribution in [3.05, 3.63) is 62.6 Å². The molecule has 1 heterocycles. The number of nitrogens with one attached hydrogen (secondary N) is 1. The van der Waals surface area contributed by atoms with Gasteiger partial charge in [0.15, 0.2) is 5.13 Å². The maximum Gasteiger partial charge on any atom is 0.270 e. The molecule has 0 aliphatic carbocycles. The summed E-state index contributed by atoms with van der Waals surface area (Å²) in [7, 11) is 0. The largest absolute Gasteiger partial charge is 0.298 e. The van der Waals surface area contributed by atoms with Crippen molar-refractivity contribution in [2.45, 2.75) is 0 Å². The Labute approximate surface area is 137 Å². The highest BCUT2D eigenvalue weighted by Gasteiger charge is 2.12. The highest BCUT2D eigenvalue weighted by molar-refractivity contribution is 9.10. The summed E-state index contributed by atoms with van der Waals surface area (Å²) in [6, 6.07) is 11.3. The summed E-state index contributed by atoms with van der Waals surface area (Å²) < 4.78 is 1.54. The van der Waals surface area contributed by atoms with Gasteiger partial charge in [-0.25, -0.2) is 4.98 Å². The zero-order valence-electron chi connectivity index (χ0n) is 10.9. The Morgan fingerprint density at radius 3 is 2.64 bits per heavy atom. The molecule has 6 nitrogen and oxygen atoms in total. The van der Waals surface area contributed by atoms with Crippen LogP contribution in [0.5, 0.6) is 0 Å². The van der Waals surface area contributed by atoms with Crippen molar-refractivity contribution in [3.8, 4) is 0 Å². The molecule has 0 saturated heterocycles. The summed E-state index contributed by atoms with van der Waals surface area (Å²) in [5.41, 5.74) is 1.12. The Bertz CT molecular complexity index is 877. The molecule has 0 atom stereocenters. The number of amides is 1. The molecule has 0 unspecified atom stereocenters. The second kappa shape index (κ2) is 5.82. The molecule has 0 aliphatic rings. The van der Waals surface area contributed by atoms with Gasteiger partial charge in [-0.2, -0.15) is 0 Å². The molecule has 2 aromatic carbocycles. The predicted molar refractivity (Wildman–Crippen MR) is 88.4 cm³/mol. The first-order chi connectivity index (χ1) is 10.5. The van der Waals surface area contributed by atoms with Crippen LogP contribution in [0.2, 0.25) is 0 Å². The Morgan fingerprint density at radius 1 is 1.23 bits per heavy atom. The number of hydrogen-bond acceptors (Lipinski definition) is 5. The fourth-order valence-corrected chi connectivity index (χ4v) is 3.01. The summed E-state index contributed by atoms with van der Waals surface area (Å²) in [4.78, 5) is 26.7. The van der Waals surface area contributed by atoms with Gasteiger partial charge in [0.2, 0.25) is 0 Å². The van der Waals surface area contributed by atoms with Gasteiger partial charge in [0, 0.05) is 22.2 Å². The molecule has 0 radical (unpaired) electrons. The standard InChI is InChI=1S/C14H8BrN3O3S/c15-9-3-1-8(2-4-9)13(19)17-14-16-11-6-5-10(18(20)21)7-12(11)22-14/h1-7H,(H,16,17,19). The number of nitrogens with zero attached hydrogens (tertiary/aromatic N) is 2. The molecule has 1 aromatic heterocycles. The van der Waals surface area contributed by atoms with E-state index in [1.54, 1.807) is 30.3 Å². The second-order valence-electron chi connectivity index (χ2n) is 4.39. The van der Waals surface area contributed by atoms with Crippen LogP contribution in [0, 0.1) is 10.1 Å². The lowest BCUT2D eigenvalue weighted by Crippen LogP contribution is -2.11. The lowest BCUT2D eigenvalue weighted by molar-refractivity contribution is -0.384. The Hall–Kier alpha value is -2.32. The Kier molecular flexibility index (Phi) is 3.86. The molecule has 3 rings (SSSR count). The van der Waals surface area contributed by atoms with Crippen molar-refractivity contribution in [2.24, 2.45) is 0 Å². The number of fused-ring (bicyclic) bond motifs is 1. The van der Waals surface area contributed by atoms with E-state index in [0.29, 0.717) is 20.9 Å². The van der Waals surface area contributed by atoms with Crippen LogP contribution >= 0.6 is 27.3 Å². The third kappa shape index (κ3) is 2.97. The number of nitro groups is 1. The predicted octanol–water partition coefficient (Wildman–Crippen LogP) is 4.22. The maximum absolute atomic E-state index is 12.1. The van der Waals surface area contributed by atoms with Crippen LogP contribution < -0.4 is 5.32 Å². The summed E-state index contributed by atoms with van der Waals surface area (Å²) in [6.07, 6.45) is 0. The zero-order valence-corrected chi connectivity index (χ0v) is 13.3. The first-order valence-corrected chi connectivity index (χ1v) is 7.76. The summed E-state index contributed by atoms with van der Waals surface area (Å²) >= 11 is 4.50. The molecular formula is C14H8BrN3O3S. The van der Waals surface area contributed by atoms with Crippen molar-refractivity contribution in [2.75, 3.05) is 5.32 Å². The van der Waals surface area contributed by atoms with Gasteiger partial charge in [0.25, 0.3) is 11.6 Å². The molecule has 0 aliphatic heterocycles. The van der Waals surface area contributed by atoms with Crippen LogP contribution in [-0.2, 0) is 0 Å². The van der Waals surface area contributed by atoms with E-state index < -0.39 is 4.92 Å². The van der Waals surface area contributed by atoms with Crippen molar-refractivity contribution >= 4 is 54.2 Å². The molecule has 22 heavy (non-hydrogen) atoms. The van der Waals surface area contributed by atoms with Crippen LogP contribution in [0.15, 0.2) is 46.9 Å². The molecule has 0 fully saturated rings.